The van der Waals surface area contributed by atoms with Crippen molar-refractivity contribution in [3.63, 3.8) is 0 Å². The Morgan fingerprint density at radius 2 is 1.68 bits per heavy atom. The smallest absolute Gasteiger partial charge is 0.319 e. The maximum atomic E-state index is 13.3. The number of likely N-dealkylation sites (tertiary alicyclic amines) is 1. The second-order valence-electron chi connectivity index (χ2n) is 7.34. The molecule has 1 aliphatic rings. The van der Waals surface area contributed by atoms with E-state index in [9.17, 15) is 9.18 Å². The first-order valence-electron chi connectivity index (χ1n) is 9.69. The summed E-state index contributed by atoms with van der Waals surface area (Å²) in [5.74, 6) is -0.203. The molecule has 1 saturated heterocycles. The Hall–Kier alpha value is -2.92. The number of halogens is 1. The highest BCUT2D eigenvalue weighted by atomic mass is 19.1. The molecule has 0 radical (unpaired) electrons. The van der Waals surface area contributed by atoms with Crippen LogP contribution in [0.2, 0.25) is 0 Å². The fourth-order valence-corrected chi connectivity index (χ4v) is 3.73. The molecule has 2 amide bonds. The summed E-state index contributed by atoms with van der Waals surface area (Å²) in [6, 6.07) is 20.6. The van der Waals surface area contributed by atoms with Crippen molar-refractivity contribution >= 4 is 22.5 Å². The van der Waals surface area contributed by atoms with Crippen LogP contribution in [0.5, 0.6) is 0 Å². The van der Waals surface area contributed by atoms with Crippen molar-refractivity contribution in [3.8, 4) is 0 Å². The number of amides is 2. The molecule has 1 aliphatic heterocycles. The first-order chi connectivity index (χ1) is 13.7. The monoisotopic (exact) mass is 377 g/mol. The summed E-state index contributed by atoms with van der Waals surface area (Å²) in [7, 11) is 0. The molecule has 28 heavy (non-hydrogen) atoms. The highest BCUT2D eigenvalue weighted by Gasteiger charge is 2.20. The van der Waals surface area contributed by atoms with Gasteiger partial charge in [0.05, 0.1) is 0 Å². The quantitative estimate of drug-likeness (QED) is 0.688. The lowest BCUT2D eigenvalue weighted by molar-refractivity contribution is 0.190. The van der Waals surface area contributed by atoms with Gasteiger partial charge >= 0.3 is 6.03 Å². The largest absolute Gasteiger partial charge is 0.335 e. The van der Waals surface area contributed by atoms with Crippen LogP contribution in [0.25, 0.3) is 10.8 Å². The molecule has 1 fully saturated rings. The van der Waals surface area contributed by atoms with Crippen LogP contribution in [0.3, 0.4) is 0 Å². The Bertz CT molecular complexity index is 952. The number of benzene rings is 3. The van der Waals surface area contributed by atoms with Crippen LogP contribution in [-0.4, -0.2) is 30.1 Å². The predicted octanol–water partition coefficient (Wildman–Crippen LogP) is 4.77. The number of carbonyl (C=O) groups excluding carboxylic acids is 1. The molecule has 5 heteroatoms. The lowest BCUT2D eigenvalue weighted by atomic mass is 10.0. The number of hydrogen-bond acceptors (Lipinski definition) is 2. The first-order valence-corrected chi connectivity index (χ1v) is 9.69. The minimum absolute atomic E-state index is 0.147. The number of urea groups is 1. The van der Waals surface area contributed by atoms with Crippen molar-refractivity contribution in [1.29, 1.82) is 0 Å². The number of hydrogen-bond donors (Lipinski definition) is 2. The molecule has 0 aromatic heterocycles. The van der Waals surface area contributed by atoms with Gasteiger partial charge in [-0.25, -0.2) is 9.18 Å². The molecule has 0 spiro atoms. The number of nitrogens with zero attached hydrogens (tertiary/aromatic N) is 1. The third kappa shape index (κ3) is 4.67. The summed E-state index contributed by atoms with van der Waals surface area (Å²) in [5, 5.41) is 7.93. The summed E-state index contributed by atoms with van der Waals surface area (Å²) in [4.78, 5) is 14.5. The van der Waals surface area contributed by atoms with Gasteiger partial charge in [0, 0.05) is 31.4 Å². The van der Waals surface area contributed by atoms with Gasteiger partial charge in [0.15, 0.2) is 0 Å². The Kier molecular flexibility index (Phi) is 5.53. The number of nitrogens with one attached hydrogen (secondary N) is 2. The minimum atomic E-state index is -0.203. The lowest BCUT2D eigenvalue weighted by Gasteiger charge is -2.32. The molecule has 144 valence electrons. The van der Waals surface area contributed by atoms with E-state index in [-0.39, 0.29) is 17.9 Å². The molecule has 0 atom stereocenters. The number of anilines is 1. The van der Waals surface area contributed by atoms with Crippen LogP contribution in [0.4, 0.5) is 14.9 Å². The SMILES string of the molecule is O=C(Nc1ccccc1)NC1CCN(Cc2ccc3cc(F)ccc3c2)CC1. The van der Waals surface area contributed by atoms with Crippen LogP contribution in [-0.2, 0) is 6.54 Å². The number of para-hydroxylation sites is 1. The third-order valence-corrected chi connectivity index (χ3v) is 5.23. The Balaban J connectivity index is 1.27. The standard InChI is InChI=1S/C23H24FN3O/c24-20-9-8-18-14-17(6-7-19(18)15-20)16-27-12-10-22(11-13-27)26-23(28)25-21-4-2-1-3-5-21/h1-9,14-15,22H,10-13,16H2,(H2,25,26,28). The van der Waals surface area contributed by atoms with Gasteiger partial charge in [0.2, 0.25) is 0 Å². The van der Waals surface area contributed by atoms with Crippen molar-refractivity contribution < 1.29 is 9.18 Å². The third-order valence-electron chi connectivity index (χ3n) is 5.23. The fraction of sp³-hybridized carbons (Fsp3) is 0.261. The second-order valence-corrected chi connectivity index (χ2v) is 7.34. The van der Waals surface area contributed by atoms with Crippen molar-refractivity contribution in [3.05, 3.63) is 78.1 Å². The van der Waals surface area contributed by atoms with Gasteiger partial charge < -0.3 is 10.6 Å². The van der Waals surface area contributed by atoms with E-state index in [1.54, 1.807) is 6.07 Å². The minimum Gasteiger partial charge on any atom is -0.335 e. The maximum absolute atomic E-state index is 13.3. The van der Waals surface area contributed by atoms with E-state index in [1.807, 2.05) is 42.5 Å². The second kappa shape index (κ2) is 8.40. The van der Waals surface area contributed by atoms with Crippen molar-refractivity contribution in [2.24, 2.45) is 0 Å². The molecular formula is C23H24FN3O. The van der Waals surface area contributed by atoms with Gasteiger partial charge in [-0.15, -0.1) is 0 Å². The zero-order valence-corrected chi connectivity index (χ0v) is 15.7. The molecule has 0 unspecified atom stereocenters. The fourth-order valence-electron chi connectivity index (χ4n) is 3.73. The van der Waals surface area contributed by atoms with E-state index in [0.717, 1.165) is 48.9 Å². The Labute approximate surface area is 164 Å². The van der Waals surface area contributed by atoms with E-state index < -0.39 is 0 Å². The summed E-state index contributed by atoms with van der Waals surface area (Å²) < 4.78 is 13.3. The highest BCUT2D eigenvalue weighted by Crippen LogP contribution is 2.20. The zero-order chi connectivity index (χ0) is 19.3. The maximum Gasteiger partial charge on any atom is 0.319 e. The lowest BCUT2D eigenvalue weighted by Crippen LogP contribution is -2.45. The van der Waals surface area contributed by atoms with Gasteiger partial charge in [-0.1, -0.05) is 36.4 Å². The van der Waals surface area contributed by atoms with Crippen LogP contribution in [0, 0.1) is 5.82 Å². The number of fused-ring (bicyclic) bond motifs is 1. The number of rotatable bonds is 4. The van der Waals surface area contributed by atoms with Crippen molar-refractivity contribution in [1.82, 2.24) is 10.2 Å². The molecule has 2 N–H and O–H groups in total. The summed E-state index contributed by atoms with van der Waals surface area (Å²) in [6.45, 7) is 2.76. The van der Waals surface area contributed by atoms with E-state index in [1.165, 1.54) is 11.6 Å². The van der Waals surface area contributed by atoms with Crippen LogP contribution >= 0.6 is 0 Å². The van der Waals surface area contributed by atoms with Crippen molar-refractivity contribution in [2.45, 2.75) is 25.4 Å². The molecule has 1 heterocycles. The average Bonchev–Trinajstić information content (AvgIpc) is 2.70. The predicted molar refractivity (Wildman–Crippen MR) is 111 cm³/mol. The molecular weight excluding hydrogens is 353 g/mol. The highest BCUT2D eigenvalue weighted by molar-refractivity contribution is 5.89. The average molecular weight is 377 g/mol. The van der Waals surface area contributed by atoms with Gasteiger partial charge in [-0.05, 0) is 59.5 Å². The summed E-state index contributed by atoms with van der Waals surface area (Å²) >= 11 is 0. The first kappa shape index (κ1) is 18.4. The number of piperidine rings is 1. The molecule has 0 saturated carbocycles. The van der Waals surface area contributed by atoms with E-state index in [4.69, 9.17) is 0 Å². The van der Waals surface area contributed by atoms with Gasteiger partial charge in [0.25, 0.3) is 0 Å². The van der Waals surface area contributed by atoms with Gasteiger partial charge in [-0.3, -0.25) is 4.90 Å². The van der Waals surface area contributed by atoms with E-state index >= 15 is 0 Å². The summed E-state index contributed by atoms with van der Waals surface area (Å²) in [5.41, 5.74) is 2.03. The molecule has 0 aliphatic carbocycles. The number of carbonyl (C=O) groups is 1. The molecule has 3 aromatic carbocycles. The topological polar surface area (TPSA) is 44.4 Å². The zero-order valence-electron chi connectivity index (χ0n) is 15.7. The van der Waals surface area contributed by atoms with E-state index in [2.05, 4.69) is 27.7 Å². The Morgan fingerprint density at radius 3 is 2.46 bits per heavy atom. The molecule has 3 aromatic rings. The normalized spacial score (nSPS) is 15.5. The molecule has 4 nitrogen and oxygen atoms in total. The molecule has 0 bridgehead atoms. The van der Waals surface area contributed by atoms with Crippen LogP contribution < -0.4 is 10.6 Å². The van der Waals surface area contributed by atoms with Crippen LogP contribution in [0.15, 0.2) is 66.7 Å². The van der Waals surface area contributed by atoms with Crippen LogP contribution in [0.1, 0.15) is 18.4 Å². The van der Waals surface area contributed by atoms with Gasteiger partial charge in [-0.2, -0.15) is 0 Å². The Morgan fingerprint density at radius 1 is 0.964 bits per heavy atom. The van der Waals surface area contributed by atoms with Gasteiger partial charge in [0.1, 0.15) is 5.82 Å². The van der Waals surface area contributed by atoms with Crippen molar-refractivity contribution in [2.75, 3.05) is 18.4 Å². The van der Waals surface area contributed by atoms with E-state index in [0.29, 0.717) is 0 Å². The summed E-state index contributed by atoms with van der Waals surface area (Å²) in [6.07, 6.45) is 1.86. The molecule has 4 rings (SSSR count).